The van der Waals surface area contributed by atoms with Crippen LogP contribution in [0.2, 0.25) is 10.0 Å². The standard InChI is InChI=1S/C31H33Cl2N7O6/c1-5-26(41)36-19-9-7-18(8-10-19)11-12-40(31(43)39-30-28(32)22(44-3)13-23(45-4)29(30)33)25-14-24(34-17-35-25)37-20-15-46-16-21(20)38-27(42)6-2/h5-10,13-14,17,20-21H,1-2,11-12,15-16H2,3-4H3,(H,36,41)(H,38,42)(H,39,43)(H,34,35,37). The minimum absolute atomic E-state index is 0.0812. The van der Waals surface area contributed by atoms with E-state index in [-0.39, 0.29) is 63.5 Å². The molecule has 4 N–H and O–H groups in total. The monoisotopic (exact) mass is 669 g/mol. The number of aromatic nitrogens is 2. The molecular formula is C31H33Cl2N7O6. The SMILES string of the molecule is C=CC(=O)Nc1ccc(CCN(C(=O)Nc2c(Cl)c(OC)cc(OC)c2Cl)c2cc(NC3COCC3NC(=O)C=C)ncn2)cc1. The molecule has 4 rings (SSSR count). The Labute approximate surface area is 275 Å². The smallest absolute Gasteiger partial charge is 0.327 e. The van der Waals surface area contributed by atoms with Crippen molar-refractivity contribution in [2.24, 2.45) is 0 Å². The van der Waals surface area contributed by atoms with Gasteiger partial charge in [-0.25, -0.2) is 14.8 Å². The number of carbonyl (C=O) groups is 3. The molecule has 0 bridgehead atoms. The highest BCUT2D eigenvalue weighted by Gasteiger charge is 2.30. The molecule has 0 radical (unpaired) electrons. The number of halogens is 2. The summed E-state index contributed by atoms with van der Waals surface area (Å²) in [6, 6.07) is 9.07. The second-order valence-corrected chi connectivity index (χ2v) is 10.6. The second kappa shape index (κ2) is 15.9. The number of nitrogens with one attached hydrogen (secondary N) is 4. The topological polar surface area (TPSA) is 156 Å². The van der Waals surface area contributed by atoms with Gasteiger partial charge in [-0.05, 0) is 36.3 Å². The summed E-state index contributed by atoms with van der Waals surface area (Å²) in [5.74, 6) is 0.512. The third-order valence-corrected chi connectivity index (χ3v) is 7.69. The van der Waals surface area contributed by atoms with E-state index in [1.165, 1.54) is 43.7 Å². The molecule has 1 aliphatic rings. The van der Waals surface area contributed by atoms with Gasteiger partial charge < -0.3 is 35.5 Å². The molecule has 1 aliphatic heterocycles. The Balaban J connectivity index is 1.61. The van der Waals surface area contributed by atoms with E-state index in [2.05, 4.69) is 44.4 Å². The Hall–Kier alpha value is -4.85. The van der Waals surface area contributed by atoms with E-state index in [0.29, 0.717) is 31.1 Å². The number of amides is 4. The number of urea groups is 1. The van der Waals surface area contributed by atoms with Gasteiger partial charge in [0.2, 0.25) is 11.8 Å². The van der Waals surface area contributed by atoms with Crippen molar-refractivity contribution in [2.45, 2.75) is 18.5 Å². The average Bonchev–Trinajstić information content (AvgIpc) is 3.49. The number of hydrogen-bond donors (Lipinski definition) is 4. The lowest BCUT2D eigenvalue weighted by atomic mass is 10.1. The fourth-order valence-electron chi connectivity index (χ4n) is 4.52. The molecule has 2 aromatic carbocycles. The van der Waals surface area contributed by atoms with Gasteiger partial charge >= 0.3 is 6.03 Å². The summed E-state index contributed by atoms with van der Waals surface area (Å²) in [7, 11) is 2.86. The number of nitrogens with zero attached hydrogens (tertiary/aromatic N) is 3. The predicted molar refractivity (Wildman–Crippen MR) is 177 cm³/mol. The number of carbonyl (C=O) groups excluding carboxylic acids is 3. The Kier molecular flexibility index (Phi) is 11.8. The van der Waals surface area contributed by atoms with Gasteiger partial charge in [0.05, 0.1) is 45.2 Å². The molecule has 0 saturated carbocycles. The van der Waals surface area contributed by atoms with Crippen LogP contribution in [0, 0.1) is 0 Å². The molecule has 15 heteroatoms. The minimum atomic E-state index is -0.598. The highest BCUT2D eigenvalue weighted by Crippen LogP contribution is 2.44. The first-order valence-electron chi connectivity index (χ1n) is 14.0. The molecule has 0 aliphatic carbocycles. The van der Waals surface area contributed by atoms with Crippen molar-refractivity contribution in [3.63, 3.8) is 0 Å². The number of ether oxygens (including phenoxy) is 3. The van der Waals surface area contributed by atoms with Gasteiger partial charge in [-0.15, -0.1) is 0 Å². The van der Waals surface area contributed by atoms with E-state index in [1.807, 2.05) is 12.1 Å². The Morgan fingerprint density at radius 2 is 1.61 bits per heavy atom. The van der Waals surface area contributed by atoms with E-state index in [1.54, 1.807) is 18.2 Å². The molecule has 2 heterocycles. The summed E-state index contributed by atoms with van der Waals surface area (Å²) in [6.07, 6.45) is 4.10. The molecule has 242 valence electrons. The van der Waals surface area contributed by atoms with Crippen LogP contribution in [0.1, 0.15) is 5.56 Å². The largest absolute Gasteiger partial charge is 0.495 e. The van der Waals surface area contributed by atoms with Crippen molar-refractivity contribution in [1.29, 1.82) is 0 Å². The maximum Gasteiger partial charge on any atom is 0.327 e. The van der Waals surface area contributed by atoms with Gasteiger partial charge in [0.25, 0.3) is 0 Å². The molecule has 1 aromatic heterocycles. The summed E-state index contributed by atoms with van der Waals surface area (Å²) in [6.45, 7) is 7.75. The van der Waals surface area contributed by atoms with Gasteiger partial charge in [-0.1, -0.05) is 48.5 Å². The summed E-state index contributed by atoms with van der Waals surface area (Å²) < 4.78 is 16.2. The van der Waals surface area contributed by atoms with Crippen molar-refractivity contribution in [3.8, 4) is 11.5 Å². The minimum Gasteiger partial charge on any atom is -0.495 e. The number of methoxy groups -OCH3 is 2. The molecule has 2 unspecified atom stereocenters. The third kappa shape index (κ3) is 8.44. The number of rotatable bonds is 13. The number of anilines is 4. The molecule has 4 amide bonds. The van der Waals surface area contributed by atoms with Crippen LogP contribution in [0.3, 0.4) is 0 Å². The molecule has 2 atom stereocenters. The van der Waals surface area contributed by atoms with Crippen LogP contribution in [0.4, 0.5) is 27.8 Å². The van der Waals surface area contributed by atoms with Crippen LogP contribution in [-0.4, -0.2) is 73.9 Å². The van der Waals surface area contributed by atoms with E-state index < -0.39 is 6.03 Å². The van der Waals surface area contributed by atoms with Crippen LogP contribution in [0.25, 0.3) is 0 Å². The first-order chi connectivity index (χ1) is 22.2. The molecule has 1 fully saturated rings. The summed E-state index contributed by atoms with van der Waals surface area (Å²) >= 11 is 13.1. The Morgan fingerprint density at radius 3 is 2.24 bits per heavy atom. The van der Waals surface area contributed by atoms with Crippen LogP contribution in [0.5, 0.6) is 11.5 Å². The lowest BCUT2D eigenvalue weighted by Crippen LogP contribution is -2.45. The van der Waals surface area contributed by atoms with E-state index >= 15 is 0 Å². The maximum absolute atomic E-state index is 13.9. The van der Waals surface area contributed by atoms with Crippen LogP contribution in [-0.2, 0) is 20.7 Å². The normalized spacial score (nSPS) is 15.3. The highest BCUT2D eigenvalue weighted by atomic mass is 35.5. The fraction of sp³-hybridized carbons (Fsp3) is 0.258. The van der Waals surface area contributed by atoms with Gasteiger partial charge in [0.15, 0.2) is 0 Å². The van der Waals surface area contributed by atoms with Gasteiger partial charge in [-0.2, -0.15) is 0 Å². The van der Waals surface area contributed by atoms with Crippen molar-refractivity contribution >= 4 is 64.1 Å². The summed E-state index contributed by atoms with van der Waals surface area (Å²) in [4.78, 5) is 47.5. The lowest BCUT2D eigenvalue weighted by Gasteiger charge is -2.25. The van der Waals surface area contributed by atoms with Crippen molar-refractivity contribution in [1.82, 2.24) is 15.3 Å². The average molecular weight is 671 g/mol. The third-order valence-electron chi connectivity index (χ3n) is 6.94. The Morgan fingerprint density at radius 1 is 0.957 bits per heavy atom. The zero-order valence-electron chi connectivity index (χ0n) is 25.1. The zero-order chi connectivity index (χ0) is 33.2. The van der Waals surface area contributed by atoms with E-state index in [0.717, 1.165) is 5.56 Å². The van der Waals surface area contributed by atoms with E-state index in [4.69, 9.17) is 37.4 Å². The molecular weight excluding hydrogens is 637 g/mol. The van der Waals surface area contributed by atoms with Crippen LogP contribution >= 0.6 is 23.2 Å². The summed E-state index contributed by atoms with van der Waals surface area (Å²) in [5, 5.41) is 11.7. The first-order valence-corrected chi connectivity index (χ1v) is 14.7. The molecule has 0 spiro atoms. The van der Waals surface area contributed by atoms with Crippen LogP contribution in [0.15, 0.2) is 68.0 Å². The van der Waals surface area contributed by atoms with Crippen molar-refractivity contribution < 1.29 is 28.6 Å². The Bertz CT molecular complexity index is 1580. The molecule has 1 saturated heterocycles. The van der Waals surface area contributed by atoms with Crippen LogP contribution < -0.4 is 35.6 Å². The van der Waals surface area contributed by atoms with Gasteiger partial charge in [0.1, 0.15) is 39.5 Å². The fourth-order valence-corrected chi connectivity index (χ4v) is 5.12. The molecule has 3 aromatic rings. The first kappa shape index (κ1) is 34.0. The second-order valence-electron chi connectivity index (χ2n) is 9.88. The zero-order valence-corrected chi connectivity index (χ0v) is 26.7. The molecule has 13 nitrogen and oxygen atoms in total. The van der Waals surface area contributed by atoms with E-state index in [9.17, 15) is 14.4 Å². The number of benzene rings is 2. The van der Waals surface area contributed by atoms with Gasteiger partial charge in [0, 0.05) is 24.4 Å². The lowest BCUT2D eigenvalue weighted by molar-refractivity contribution is -0.117. The molecule has 46 heavy (non-hydrogen) atoms. The van der Waals surface area contributed by atoms with Crippen molar-refractivity contribution in [2.75, 3.05) is 54.8 Å². The summed E-state index contributed by atoms with van der Waals surface area (Å²) in [5.41, 5.74) is 1.57. The van der Waals surface area contributed by atoms with Crippen molar-refractivity contribution in [3.05, 3.63) is 83.6 Å². The quantitative estimate of drug-likeness (QED) is 0.190. The highest BCUT2D eigenvalue weighted by molar-refractivity contribution is 6.41. The number of hydrogen-bond acceptors (Lipinski definition) is 9. The maximum atomic E-state index is 13.9. The predicted octanol–water partition coefficient (Wildman–Crippen LogP) is 4.69. The van der Waals surface area contributed by atoms with Gasteiger partial charge in [-0.3, -0.25) is 14.5 Å².